The fourth-order valence-corrected chi connectivity index (χ4v) is 1.29. The number of ether oxygens (including phenoxy) is 2. The van der Waals surface area contributed by atoms with Crippen LogP contribution in [0.2, 0.25) is 0 Å². The van der Waals surface area contributed by atoms with Gasteiger partial charge in [-0.25, -0.2) is 0 Å². The molecule has 1 saturated heterocycles. The highest BCUT2D eigenvalue weighted by Gasteiger charge is 2.55. The maximum Gasteiger partial charge on any atom is 0.413 e. The Bertz CT molecular complexity index is 219. The van der Waals surface area contributed by atoms with Gasteiger partial charge in [-0.05, 0) is 12.8 Å². The van der Waals surface area contributed by atoms with Crippen molar-refractivity contribution in [1.82, 2.24) is 0 Å². The van der Waals surface area contributed by atoms with Crippen LogP contribution in [-0.4, -0.2) is 31.1 Å². The average Bonchev–Trinajstić information content (AvgIpc) is 2.02. The minimum Gasteiger partial charge on any atom is -0.531 e. The van der Waals surface area contributed by atoms with E-state index in [0.717, 1.165) is 0 Å². The van der Waals surface area contributed by atoms with E-state index in [1.807, 2.05) is 0 Å². The van der Waals surface area contributed by atoms with Crippen molar-refractivity contribution in [2.75, 3.05) is 13.2 Å². The third kappa shape index (κ3) is 2.09. The van der Waals surface area contributed by atoms with Gasteiger partial charge in [0.2, 0.25) is 0 Å². The highest BCUT2D eigenvalue weighted by molar-refractivity contribution is 5.55. The van der Waals surface area contributed by atoms with E-state index in [4.69, 9.17) is 0 Å². The van der Waals surface area contributed by atoms with Crippen LogP contribution >= 0.6 is 0 Å². The molecular formula is C7H8F3O4-. The highest BCUT2D eigenvalue weighted by Crippen LogP contribution is 2.39. The predicted molar refractivity (Wildman–Crippen MR) is 35.3 cm³/mol. The van der Waals surface area contributed by atoms with E-state index in [0.29, 0.717) is 0 Å². The van der Waals surface area contributed by atoms with Crippen molar-refractivity contribution in [3.63, 3.8) is 0 Å². The van der Waals surface area contributed by atoms with Crippen LogP contribution in [-0.2, 0) is 9.47 Å². The molecule has 1 aliphatic heterocycles. The molecule has 0 aromatic heterocycles. The lowest BCUT2D eigenvalue weighted by molar-refractivity contribution is -0.343. The molecule has 14 heavy (non-hydrogen) atoms. The van der Waals surface area contributed by atoms with E-state index in [1.165, 1.54) is 0 Å². The average molecular weight is 213 g/mol. The van der Waals surface area contributed by atoms with E-state index >= 15 is 0 Å². The topological polar surface area (TPSA) is 58.6 Å². The number of carbonyl (C=O) groups excluding carboxylic acids is 1. The van der Waals surface area contributed by atoms with Crippen LogP contribution in [0.1, 0.15) is 12.8 Å². The molecule has 0 aliphatic carbocycles. The SMILES string of the molecule is O=C([O-])OC1(C(F)(F)F)CCCOC1. The second-order valence-electron chi connectivity index (χ2n) is 3.00. The Labute approximate surface area is 77.6 Å². The molecule has 1 aliphatic rings. The number of alkyl halides is 3. The number of carbonyl (C=O) groups is 1. The first-order valence-electron chi connectivity index (χ1n) is 3.92. The van der Waals surface area contributed by atoms with Crippen LogP contribution in [0.15, 0.2) is 0 Å². The smallest absolute Gasteiger partial charge is 0.413 e. The summed E-state index contributed by atoms with van der Waals surface area (Å²) in [5, 5.41) is 10.0. The van der Waals surface area contributed by atoms with Gasteiger partial charge in [0.15, 0.2) is 5.60 Å². The second kappa shape index (κ2) is 3.64. The number of carboxylic acid groups (broad SMARTS) is 1. The summed E-state index contributed by atoms with van der Waals surface area (Å²) in [7, 11) is 0. The summed E-state index contributed by atoms with van der Waals surface area (Å²) in [6, 6.07) is 0. The fourth-order valence-electron chi connectivity index (χ4n) is 1.29. The van der Waals surface area contributed by atoms with Crippen molar-refractivity contribution >= 4 is 6.16 Å². The maximum absolute atomic E-state index is 12.5. The molecule has 0 aromatic carbocycles. The molecule has 7 heteroatoms. The molecule has 1 atom stereocenters. The van der Waals surface area contributed by atoms with Crippen molar-refractivity contribution in [1.29, 1.82) is 0 Å². The first-order valence-corrected chi connectivity index (χ1v) is 3.92. The first kappa shape index (κ1) is 11.1. The fraction of sp³-hybridized carbons (Fsp3) is 0.857. The molecule has 4 nitrogen and oxygen atoms in total. The van der Waals surface area contributed by atoms with Gasteiger partial charge >= 0.3 is 6.18 Å². The second-order valence-corrected chi connectivity index (χ2v) is 3.00. The Hall–Kier alpha value is -0.980. The third-order valence-electron chi connectivity index (χ3n) is 2.00. The van der Waals surface area contributed by atoms with Crippen LogP contribution in [0.3, 0.4) is 0 Å². The predicted octanol–water partition coefficient (Wildman–Crippen LogP) is 0.458. The molecule has 0 saturated carbocycles. The van der Waals surface area contributed by atoms with Gasteiger partial charge in [0, 0.05) is 6.61 Å². The third-order valence-corrected chi connectivity index (χ3v) is 2.00. The summed E-state index contributed by atoms with van der Waals surface area (Å²) in [5.41, 5.74) is -2.75. The molecule has 82 valence electrons. The van der Waals surface area contributed by atoms with Gasteiger partial charge in [-0.1, -0.05) is 0 Å². The summed E-state index contributed by atoms with van der Waals surface area (Å²) in [4.78, 5) is 10.0. The lowest BCUT2D eigenvalue weighted by Gasteiger charge is -2.41. The Morgan fingerprint density at radius 2 is 2.14 bits per heavy atom. The normalized spacial score (nSPS) is 28.5. The van der Waals surface area contributed by atoms with Crippen molar-refractivity contribution in [2.24, 2.45) is 0 Å². The van der Waals surface area contributed by atoms with Gasteiger partial charge in [0.1, 0.15) is 0 Å². The van der Waals surface area contributed by atoms with E-state index in [-0.39, 0.29) is 13.0 Å². The zero-order valence-corrected chi connectivity index (χ0v) is 7.10. The van der Waals surface area contributed by atoms with Crippen LogP contribution < -0.4 is 5.11 Å². The van der Waals surface area contributed by atoms with Crippen LogP contribution in [0.4, 0.5) is 18.0 Å². The molecule has 0 spiro atoms. The molecule has 0 amide bonds. The molecule has 1 rings (SSSR count). The highest BCUT2D eigenvalue weighted by atomic mass is 19.4. The largest absolute Gasteiger partial charge is 0.531 e. The van der Waals surface area contributed by atoms with Crippen LogP contribution in [0.25, 0.3) is 0 Å². The summed E-state index contributed by atoms with van der Waals surface area (Å²) in [6.45, 7) is -0.626. The summed E-state index contributed by atoms with van der Waals surface area (Å²) < 4.78 is 45.8. The monoisotopic (exact) mass is 213 g/mol. The molecule has 1 fully saturated rings. The van der Waals surface area contributed by atoms with Gasteiger partial charge < -0.3 is 19.4 Å². The molecular weight excluding hydrogens is 205 g/mol. The molecule has 0 N–H and O–H groups in total. The standard InChI is InChI=1S/C7H9F3O4/c8-7(9,10)6(14-5(11)12)2-1-3-13-4-6/h1-4H2,(H,11,12)/p-1. The zero-order chi connectivity index (χ0) is 10.8. The molecule has 1 unspecified atom stereocenters. The van der Waals surface area contributed by atoms with Crippen molar-refractivity contribution in [3.05, 3.63) is 0 Å². The van der Waals surface area contributed by atoms with Crippen molar-refractivity contribution in [3.8, 4) is 0 Å². The maximum atomic E-state index is 12.5. The number of halogens is 3. The molecule has 0 radical (unpaired) electrons. The van der Waals surface area contributed by atoms with E-state index in [1.54, 1.807) is 0 Å². The Morgan fingerprint density at radius 1 is 1.50 bits per heavy atom. The Balaban J connectivity index is 2.83. The Kier molecular flexibility index (Phi) is 2.89. The molecule has 1 heterocycles. The number of rotatable bonds is 1. The van der Waals surface area contributed by atoms with E-state index < -0.39 is 31.0 Å². The van der Waals surface area contributed by atoms with E-state index in [2.05, 4.69) is 9.47 Å². The summed E-state index contributed by atoms with van der Waals surface area (Å²) in [5.74, 6) is 0. The van der Waals surface area contributed by atoms with Crippen molar-refractivity contribution < 1.29 is 32.5 Å². The van der Waals surface area contributed by atoms with Gasteiger partial charge in [-0.15, -0.1) is 0 Å². The number of hydrogen-bond donors (Lipinski definition) is 0. The van der Waals surface area contributed by atoms with Crippen LogP contribution in [0, 0.1) is 0 Å². The van der Waals surface area contributed by atoms with E-state index in [9.17, 15) is 23.1 Å². The number of hydrogen-bond acceptors (Lipinski definition) is 4. The minimum absolute atomic E-state index is 0.104. The van der Waals surface area contributed by atoms with Crippen LogP contribution in [0.5, 0.6) is 0 Å². The molecule has 0 aromatic rings. The quantitative estimate of drug-likeness (QED) is 0.593. The summed E-state index contributed by atoms with van der Waals surface area (Å²) in [6.07, 6.45) is -7.28. The zero-order valence-electron chi connectivity index (χ0n) is 7.10. The lowest BCUT2D eigenvalue weighted by Crippen LogP contribution is -2.56. The van der Waals surface area contributed by atoms with Gasteiger partial charge in [0.05, 0.1) is 6.61 Å². The molecule has 0 bridgehead atoms. The van der Waals surface area contributed by atoms with Gasteiger partial charge in [-0.3, -0.25) is 0 Å². The van der Waals surface area contributed by atoms with Crippen molar-refractivity contribution in [2.45, 2.75) is 24.6 Å². The minimum atomic E-state index is -4.77. The van der Waals surface area contributed by atoms with Gasteiger partial charge in [-0.2, -0.15) is 13.2 Å². The summed E-state index contributed by atoms with van der Waals surface area (Å²) >= 11 is 0. The van der Waals surface area contributed by atoms with Gasteiger partial charge in [0.25, 0.3) is 6.16 Å². The lowest BCUT2D eigenvalue weighted by atomic mass is 9.96. The Morgan fingerprint density at radius 3 is 2.50 bits per heavy atom. The first-order chi connectivity index (χ1) is 6.37.